The van der Waals surface area contributed by atoms with E-state index in [2.05, 4.69) is 44.4 Å². The molecule has 2 heterocycles. The first kappa shape index (κ1) is 11.0. The van der Waals surface area contributed by atoms with E-state index in [4.69, 9.17) is 5.73 Å². The van der Waals surface area contributed by atoms with Crippen molar-refractivity contribution in [3.63, 3.8) is 0 Å². The molecule has 0 radical (unpaired) electrons. The molecule has 0 bridgehead atoms. The zero-order chi connectivity index (χ0) is 12.1. The first-order valence-corrected chi connectivity index (χ1v) is 5.06. The summed E-state index contributed by atoms with van der Waals surface area (Å²) in [4.78, 5) is 7.53. The summed E-state index contributed by atoms with van der Waals surface area (Å²) in [6.45, 7) is 2.08. The number of nitrogens with two attached hydrogens (primary N) is 1. The Kier molecular flexibility index (Phi) is 3.25. The first-order valence-electron chi connectivity index (χ1n) is 5.06. The Balaban J connectivity index is 0.000000136. The molecule has 0 unspecified atom stereocenters. The van der Waals surface area contributed by atoms with Crippen LogP contribution >= 0.6 is 0 Å². The van der Waals surface area contributed by atoms with Gasteiger partial charge < -0.3 is 5.73 Å². The molecule has 0 aliphatic heterocycles. The SMILES string of the molecule is Cc1ccccc1.Nc1ncnc2n[nH]nc12. The van der Waals surface area contributed by atoms with E-state index in [0.717, 1.165) is 0 Å². The first-order chi connectivity index (χ1) is 8.27. The minimum Gasteiger partial charge on any atom is -0.382 e. The van der Waals surface area contributed by atoms with Gasteiger partial charge >= 0.3 is 0 Å². The zero-order valence-corrected chi connectivity index (χ0v) is 9.33. The van der Waals surface area contributed by atoms with Gasteiger partial charge in [-0.05, 0) is 6.92 Å². The molecule has 0 aliphatic carbocycles. The van der Waals surface area contributed by atoms with E-state index in [-0.39, 0.29) is 0 Å². The van der Waals surface area contributed by atoms with Crippen molar-refractivity contribution >= 4 is 17.0 Å². The molecule has 1 aromatic carbocycles. The Morgan fingerprint density at radius 2 is 1.82 bits per heavy atom. The number of hydrogen-bond donors (Lipinski definition) is 2. The maximum absolute atomic E-state index is 5.43. The van der Waals surface area contributed by atoms with Gasteiger partial charge in [0.15, 0.2) is 11.3 Å². The molecule has 0 spiro atoms. The van der Waals surface area contributed by atoms with Crippen LogP contribution in [0, 0.1) is 6.92 Å². The third kappa shape index (κ3) is 2.75. The Bertz CT molecular complexity index is 589. The number of rotatable bonds is 0. The quantitative estimate of drug-likeness (QED) is 0.605. The van der Waals surface area contributed by atoms with Crippen LogP contribution in [0.1, 0.15) is 5.56 Å². The number of nitrogens with zero attached hydrogens (tertiary/aromatic N) is 4. The maximum Gasteiger partial charge on any atom is 0.206 e. The van der Waals surface area contributed by atoms with Crippen molar-refractivity contribution in [2.24, 2.45) is 0 Å². The Labute approximate surface area is 97.9 Å². The lowest BCUT2D eigenvalue weighted by Crippen LogP contribution is -1.91. The van der Waals surface area contributed by atoms with Crippen molar-refractivity contribution < 1.29 is 0 Å². The van der Waals surface area contributed by atoms with Crippen molar-refractivity contribution in [1.29, 1.82) is 0 Å². The van der Waals surface area contributed by atoms with Crippen molar-refractivity contribution in [2.75, 3.05) is 5.73 Å². The predicted molar refractivity (Wildman–Crippen MR) is 65.1 cm³/mol. The van der Waals surface area contributed by atoms with Crippen molar-refractivity contribution in [3.05, 3.63) is 42.2 Å². The molecule has 3 rings (SSSR count). The van der Waals surface area contributed by atoms with Crippen LogP contribution in [-0.2, 0) is 0 Å². The topological polar surface area (TPSA) is 93.4 Å². The van der Waals surface area contributed by atoms with Crippen LogP contribution in [0.4, 0.5) is 5.82 Å². The van der Waals surface area contributed by atoms with Gasteiger partial charge in [0, 0.05) is 0 Å². The average molecular weight is 228 g/mol. The molecule has 17 heavy (non-hydrogen) atoms. The molecule has 0 amide bonds. The van der Waals surface area contributed by atoms with Crippen LogP contribution in [-0.4, -0.2) is 25.4 Å². The number of nitrogens with one attached hydrogen (secondary N) is 1. The molecule has 0 saturated carbocycles. The third-order valence-electron chi connectivity index (χ3n) is 2.09. The molecular formula is C11H12N6. The highest BCUT2D eigenvalue weighted by Crippen LogP contribution is 2.07. The summed E-state index contributed by atoms with van der Waals surface area (Å²) < 4.78 is 0. The number of H-pyrrole nitrogens is 1. The monoisotopic (exact) mass is 228 g/mol. The number of nitrogen functional groups attached to an aromatic ring is 1. The van der Waals surface area contributed by atoms with Gasteiger partial charge in [-0.2, -0.15) is 10.3 Å². The molecule has 86 valence electrons. The predicted octanol–water partition coefficient (Wildman–Crippen LogP) is 1.33. The lowest BCUT2D eigenvalue weighted by atomic mass is 10.2. The molecule has 3 aromatic rings. The van der Waals surface area contributed by atoms with Crippen LogP contribution in [0.5, 0.6) is 0 Å². The summed E-state index contributed by atoms with van der Waals surface area (Å²) in [5.41, 5.74) is 7.76. The van der Waals surface area contributed by atoms with Gasteiger partial charge in [0.1, 0.15) is 6.33 Å². The highest BCUT2D eigenvalue weighted by molar-refractivity contribution is 5.79. The number of hydrogen-bond acceptors (Lipinski definition) is 5. The van der Waals surface area contributed by atoms with Crippen molar-refractivity contribution in [3.8, 4) is 0 Å². The molecule has 3 N–H and O–H groups in total. The molecule has 0 atom stereocenters. The number of fused-ring (bicyclic) bond motifs is 1. The molecule has 6 nitrogen and oxygen atoms in total. The van der Waals surface area contributed by atoms with Gasteiger partial charge in [-0.1, -0.05) is 35.9 Å². The molecule has 6 heteroatoms. The summed E-state index contributed by atoms with van der Waals surface area (Å²) >= 11 is 0. The van der Waals surface area contributed by atoms with Crippen molar-refractivity contribution in [2.45, 2.75) is 6.92 Å². The molecular weight excluding hydrogens is 216 g/mol. The van der Waals surface area contributed by atoms with E-state index in [1.165, 1.54) is 11.9 Å². The molecule has 2 aromatic heterocycles. The van der Waals surface area contributed by atoms with Crippen LogP contribution in [0.3, 0.4) is 0 Å². The van der Waals surface area contributed by atoms with E-state index in [1.54, 1.807) is 0 Å². The largest absolute Gasteiger partial charge is 0.382 e. The summed E-state index contributed by atoms with van der Waals surface area (Å²) in [5.74, 6) is 0.346. The summed E-state index contributed by atoms with van der Waals surface area (Å²) in [5, 5.41) is 9.84. The summed E-state index contributed by atoms with van der Waals surface area (Å²) in [6.07, 6.45) is 1.35. The second kappa shape index (κ2) is 5.02. The van der Waals surface area contributed by atoms with E-state index >= 15 is 0 Å². The fourth-order valence-corrected chi connectivity index (χ4v) is 1.23. The summed E-state index contributed by atoms with van der Waals surface area (Å²) in [6, 6.07) is 10.3. The normalized spacial score (nSPS) is 9.71. The van der Waals surface area contributed by atoms with E-state index in [1.807, 2.05) is 18.2 Å². The van der Waals surface area contributed by atoms with E-state index in [9.17, 15) is 0 Å². The second-order valence-electron chi connectivity index (χ2n) is 3.41. The Hall–Kier alpha value is -2.50. The highest BCUT2D eigenvalue weighted by Gasteiger charge is 2.01. The molecule has 0 saturated heterocycles. The zero-order valence-electron chi connectivity index (χ0n) is 9.33. The number of aromatic nitrogens is 5. The minimum atomic E-state index is 0.346. The fourth-order valence-electron chi connectivity index (χ4n) is 1.23. The van der Waals surface area contributed by atoms with Gasteiger partial charge in [-0.3, -0.25) is 0 Å². The van der Waals surface area contributed by atoms with Crippen LogP contribution < -0.4 is 5.73 Å². The second-order valence-corrected chi connectivity index (χ2v) is 3.41. The Morgan fingerprint density at radius 1 is 1.06 bits per heavy atom. The molecule has 0 aliphatic rings. The van der Waals surface area contributed by atoms with Gasteiger partial charge in [0.2, 0.25) is 5.65 Å². The lowest BCUT2D eigenvalue weighted by molar-refractivity contribution is 0.954. The standard InChI is InChI=1S/C7H8.C4H4N6/c1-7-5-3-2-4-6-7;5-3-2-4(7-1-6-3)9-10-8-2/h2-6H,1H3;1H,(H3,5,6,7,8,9,10). The van der Waals surface area contributed by atoms with Gasteiger partial charge in [0.05, 0.1) is 0 Å². The minimum absolute atomic E-state index is 0.346. The van der Waals surface area contributed by atoms with E-state index < -0.39 is 0 Å². The number of aryl methyl sites for hydroxylation is 1. The van der Waals surface area contributed by atoms with Crippen LogP contribution in [0.2, 0.25) is 0 Å². The number of aromatic amines is 1. The number of benzene rings is 1. The van der Waals surface area contributed by atoms with Crippen molar-refractivity contribution in [1.82, 2.24) is 25.4 Å². The highest BCUT2D eigenvalue weighted by atomic mass is 15.3. The van der Waals surface area contributed by atoms with Gasteiger partial charge in [0.25, 0.3) is 0 Å². The summed E-state index contributed by atoms with van der Waals surface area (Å²) in [7, 11) is 0. The Morgan fingerprint density at radius 3 is 2.41 bits per heavy atom. The van der Waals surface area contributed by atoms with Crippen LogP contribution in [0.15, 0.2) is 36.7 Å². The third-order valence-corrected chi connectivity index (χ3v) is 2.09. The average Bonchev–Trinajstić information content (AvgIpc) is 2.80. The maximum atomic E-state index is 5.43. The lowest BCUT2D eigenvalue weighted by Gasteiger charge is -1.86. The number of anilines is 1. The fraction of sp³-hybridized carbons (Fsp3) is 0.0909. The van der Waals surface area contributed by atoms with Gasteiger partial charge in [-0.15, -0.1) is 5.10 Å². The smallest absolute Gasteiger partial charge is 0.206 e. The molecule has 0 fully saturated rings. The van der Waals surface area contributed by atoms with E-state index in [0.29, 0.717) is 17.0 Å². The van der Waals surface area contributed by atoms with Crippen LogP contribution in [0.25, 0.3) is 11.2 Å². The van der Waals surface area contributed by atoms with Gasteiger partial charge in [-0.25, -0.2) is 9.97 Å².